The van der Waals surface area contributed by atoms with Crippen LogP contribution < -0.4 is 10.6 Å². The van der Waals surface area contributed by atoms with Crippen molar-refractivity contribution in [2.45, 2.75) is 39.5 Å². The molecule has 1 aliphatic heterocycles. The molecule has 3 heteroatoms. The highest BCUT2D eigenvalue weighted by molar-refractivity contribution is 5.93. The lowest BCUT2D eigenvalue weighted by atomic mass is 10.0. The molecular weight excluding hydrogens is 188 g/mol. The molecule has 1 saturated heterocycles. The van der Waals surface area contributed by atoms with E-state index in [1.807, 2.05) is 6.92 Å². The lowest BCUT2D eigenvalue weighted by molar-refractivity contribution is -0.117. The van der Waals surface area contributed by atoms with E-state index in [1.54, 1.807) is 0 Å². The maximum atomic E-state index is 11.6. The number of nitrogens with one attached hydrogen (secondary N) is 2. The van der Waals surface area contributed by atoms with Gasteiger partial charge in [-0.2, -0.15) is 0 Å². The highest BCUT2D eigenvalue weighted by atomic mass is 16.1. The minimum Gasteiger partial charge on any atom is -0.352 e. The molecular formula is C12H22N2O. The summed E-state index contributed by atoms with van der Waals surface area (Å²) in [5, 5.41) is 6.11. The minimum atomic E-state index is 0.114. The van der Waals surface area contributed by atoms with E-state index in [-0.39, 0.29) is 5.91 Å². The van der Waals surface area contributed by atoms with Crippen molar-refractivity contribution in [2.75, 3.05) is 19.6 Å². The predicted molar refractivity (Wildman–Crippen MR) is 62.7 cm³/mol. The summed E-state index contributed by atoms with van der Waals surface area (Å²) in [5.41, 5.74) is 2.16. The first-order chi connectivity index (χ1) is 7.25. The number of hydrogen-bond donors (Lipinski definition) is 2. The van der Waals surface area contributed by atoms with Gasteiger partial charge < -0.3 is 10.6 Å². The number of rotatable bonds is 6. The van der Waals surface area contributed by atoms with E-state index in [9.17, 15) is 4.79 Å². The van der Waals surface area contributed by atoms with Crippen molar-refractivity contribution >= 4 is 5.91 Å². The van der Waals surface area contributed by atoms with Gasteiger partial charge in [0.25, 0.3) is 0 Å². The van der Waals surface area contributed by atoms with Gasteiger partial charge in [0.15, 0.2) is 0 Å². The molecule has 1 heterocycles. The van der Waals surface area contributed by atoms with Crippen LogP contribution in [0.15, 0.2) is 11.1 Å². The second kappa shape index (κ2) is 6.62. The Hall–Kier alpha value is -0.830. The largest absolute Gasteiger partial charge is 0.352 e. The van der Waals surface area contributed by atoms with Gasteiger partial charge in [0.05, 0.1) is 0 Å². The van der Waals surface area contributed by atoms with Crippen molar-refractivity contribution in [3.05, 3.63) is 11.1 Å². The first-order valence-corrected chi connectivity index (χ1v) is 5.93. The molecule has 0 radical (unpaired) electrons. The molecule has 1 fully saturated rings. The van der Waals surface area contributed by atoms with E-state index in [2.05, 4.69) is 17.6 Å². The first kappa shape index (κ1) is 12.2. The van der Waals surface area contributed by atoms with Crippen molar-refractivity contribution in [1.82, 2.24) is 10.6 Å². The molecule has 0 aromatic carbocycles. The van der Waals surface area contributed by atoms with Crippen LogP contribution in [0.25, 0.3) is 0 Å². The molecule has 0 aromatic heterocycles. The van der Waals surface area contributed by atoms with Gasteiger partial charge in [0.2, 0.25) is 5.91 Å². The quantitative estimate of drug-likeness (QED) is 0.516. The van der Waals surface area contributed by atoms with Crippen LogP contribution in [-0.4, -0.2) is 25.5 Å². The van der Waals surface area contributed by atoms with Crippen molar-refractivity contribution in [2.24, 2.45) is 0 Å². The van der Waals surface area contributed by atoms with Gasteiger partial charge >= 0.3 is 0 Å². The number of hydrogen-bond acceptors (Lipinski definition) is 2. The Morgan fingerprint density at radius 2 is 2.07 bits per heavy atom. The molecule has 0 bridgehead atoms. The summed E-state index contributed by atoms with van der Waals surface area (Å²) in [7, 11) is 0. The Balaban J connectivity index is 2.13. The Kier molecular flexibility index (Phi) is 5.40. The van der Waals surface area contributed by atoms with E-state index in [1.165, 1.54) is 24.8 Å². The molecule has 0 atom stereocenters. The maximum Gasteiger partial charge on any atom is 0.246 e. The summed E-state index contributed by atoms with van der Waals surface area (Å²) in [4.78, 5) is 11.6. The zero-order valence-electron chi connectivity index (χ0n) is 9.86. The summed E-state index contributed by atoms with van der Waals surface area (Å²) >= 11 is 0. The lowest BCUT2D eigenvalue weighted by Gasteiger charge is -2.21. The normalized spacial score (nSPS) is 14.7. The van der Waals surface area contributed by atoms with Gasteiger partial charge in [-0.05, 0) is 18.9 Å². The number of carbonyl (C=O) groups excluding carboxylic acids is 1. The van der Waals surface area contributed by atoms with Crippen LogP contribution in [-0.2, 0) is 4.79 Å². The number of carbonyl (C=O) groups is 1. The third-order valence-corrected chi connectivity index (χ3v) is 2.86. The molecule has 0 spiro atoms. The maximum absolute atomic E-state index is 11.6. The van der Waals surface area contributed by atoms with Crippen molar-refractivity contribution in [3.63, 3.8) is 0 Å². The van der Waals surface area contributed by atoms with Crippen molar-refractivity contribution < 1.29 is 4.79 Å². The van der Waals surface area contributed by atoms with Crippen LogP contribution in [0.1, 0.15) is 39.5 Å². The molecule has 0 unspecified atom stereocenters. The minimum absolute atomic E-state index is 0.114. The number of unbranched alkanes of at least 4 members (excludes halogenated alkanes) is 3. The van der Waals surface area contributed by atoms with Crippen LogP contribution >= 0.6 is 0 Å². The van der Waals surface area contributed by atoms with Gasteiger partial charge in [0.1, 0.15) is 0 Å². The fourth-order valence-corrected chi connectivity index (χ4v) is 1.56. The first-order valence-electron chi connectivity index (χ1n) is 5.93. The molecule has 0 saturated carbocycles. The molecule has 1 aliphatic rings. The van der Waals surface area contributed by atoms with E-state index in [0.29, 0.717) is 0 Å². The van der Waals surface area contributed by atoms with E-state index in [4.69, 9.17) is 0 Å². The van der Waals surface area contributed by atoms with Crippen LogP contribution in [0, 0.1) is 0 Å². The highest BCUT2D eigenvalue weighted by Crippen LogP contribution is 2.08. The Bertz CT molecular complexity index is 240. The van der Waals surface area contributed by atoms with Crippen LogP contribution in [0.4, 0.5) is 0 Å². The molecule has 86 valence electrons. The molecule has 1 amide bonds. The van der Waals surface area contributed by atoms with Crippen molar-refractivity contribution in [1.29, 1.82) is 0 Å². The SMILES string of the molecule is CCCCCCNC(=O)C(C)=C1CNC1. The smallest absolute Gasteiger partial charge is 0.246 e. The fourth-order valence-electron chi connectivity index (χ4n) is 1.56. The average molecular weight is 210 g/mol. The summed E-state index contributed by atoms with van der Waals surface area (Å²) in [6.07, 6.45) is 4.82. The fraction of sp³-hybridized carbons (Fsp3) is 0.750. The monoisotopic (exact) mass is 210 g/mol. The molecule has 0 aliphatic carbocycles. The van der Waals surface area contributed by atoms with Gasteiger partial charge in [-0.15, -0.1) is 0 Å². The average Bonchev–Trinajstić information content (AvgIpc) is 2.14. The van der Waals surface area contributed by atoms with E-state index < -0.39 is 0 Å². The third kappa shape index (κ3) is 4.04. The van der Waals surface area contributed by atoms with E-state index in [0.717, 1.165) is 31.6 Å². The molecule has 15 heavy (non-hydrogen) atoms. The Morgan fingerprint density at radius 3 is 2.60 bits per heavy atom. The summed E-state index contributed by atoms with van der Waals surface area (Å²) < 4.78 is 0. The van der Waals surface area contributed by atoms with Crippen LogP contribution in [0.3, 0.4) is 0 Å². The molecule has 1 rings (SSSR count). The van der Waals surface area contributed by atoms with Crippen molar-refractivity contribution in [3.8, 4) is 0 Å². The second-order valence-electron chi connectivity index (χ2n) is 4.15. The van der Waals surface area contributed by atoms with Gasteiger partial charge in [0, 0.05) is 25.2 Å². The second-order valence-corrected chi connectivity index (χ2v) is 4.15. The standard InChI is InChI=1S/C12H22N2O/c1-3-4-5-6-7-14-12(15)10(2)11-8-13-9-11/h13H,3-9H2,1-2H3,(H,14,15). The summed E-state index contributed by atoms with van der Waals surface area (Å²) in [6.45, 7) is 6.69. The molecule has 3 nitrogen and oxygen atoms in total. The summed E-state index contributed by atoms with van der Waals surface area (Å²) in [5.74, 6) is 0.114. The number of amides is 1. The van der Waals surface area contributed by atoms with E-state index >= 15 is 0 Å². The predicted octanol–water partition coefficient (Wildman–Crippen LogP) is 1.60. The van der Waals surface area contributed by atoms with Gasteiger partial charge in [-0.3, -0.25) is 4.79 Å². The molecule has 2 N–H and O–H groups in total. The summed E-state index contributed by atoms with van der Waals surface area (Å²) in [6, 6.07) is 0. The molecule has 0 aromatic rings. The van der Waals surface area contributed by atoms with Crippen LogP contribution in [0.2, 0.25) is 0 Å². The van der Waals surface area contributed by atoms with Gasteiger partial charge in [-0.25, -0.2) is 0 Å². The topological polar surface area (TPSA) is 41.1 Å². The third-order valence-electron chi connectivity index (χ3n) is 2.86. The van der Waals surface area contributed by atoms with Gasteiger partial charge in [-0.1, -0.05) is 26.2 Å². The highest BCUT2D eigenvalue weighted by Gasteiger charge is 2.15. The Morgan fingerprint density at radius 1 is 1.33 bits per heavy atom. The lowest BCUT2D eigenvalue weighted by Crippen LogP contribution is -2.37. The zero-order chi connectivity index (χ0) is 11.1. The zero-order valence-corrected chi connectivity index (χ0v) is 9.86. The Labute approximate surface area is 92.3 Å². The van der Waals surface area contributed by atoms with Crippen LogP contribution in [0.5, 0.6) is 0 Å².